The summed E-state index contributed by atoms with van der Waals surface area (Å²) < 4.78 is 7.50. The molecule has 0 aliphatic rings. The number of methoxy groups -OCH3 is 1. The molecule has 0 saturated heterocycles. The van der Waals surface area contributed by atoms with Crippen molar-refractivity contribution in [3.8, 4) is 5.75 Å². The lowest BCUT2D eigenvalue weighted by Crippen LogP contribution is -2.14. The van der Waals surface area contributed by atoms with Crippen LogP contribution in [-0.4, -0.2) is 28.7 Å². The highest BCUT2D eigenvalue weighted by molar-refractivity contribution is 5.89. The number of hydrogen-bond donors (Lipinski definition) is 0. The van der Waals surface area contributed by atoms with Crippen molar-refractivity contribution >= 4 is 22.5 Å². The van der Waals surface area contributed by atoms with Gasteiger partial charge in [0.05, 0.1) is 12.6 Å². The first-order valence-electron chi connectivity index (χ1n) is 8.35. The van der Waals surface area contributed by atoms with Crippen LogP contribution >= 0.6 is 0 Å². The first-order chi connectivity index (χ1) is 11.6. The molecule has 5 heteroatoms. The lowest BCUT2D eigenvalue weighted by Gasteiger charge is -2.21. The summed E-state index contributed by atoms with van der Waals surface area (Å²) in [6.07, 6.45) is 4.42. The minimum Gasteiger partial charge on any atom is -0.497 e. The molecule has 126 valence electrons. The lowest BCUT2D eigenvalue weighted by molar-refractivity contribution is 0.415. The van der Waals surface area contributed by atoms with Crippen LogP contribution in [0, 0.1) is 6.92 Å². The summed E-state index contributed by atoms with van der Waals surface area (Å²) in [6.45, 7) is 5.13. The van der Waals surface area contributed by atoms with Crippen molar-refractivity contribution < 1.29 is 4.74 Å². The van der Waals surface area contributed by atoms with Crippen molar-refractivity contribution in [3.63, 3.8) is 0 Å². The van der Waals surface area contributed by atoms with Gasteiger partial charge >= 0.3 is 0 Å². The van der Waals surface area contributed by atoms with Gasteiger partial charge in [-0.15, -0.1) is 0 Å². The van der Waals surface area contributed by atoms with Gasteiger partial charge in [0.25, 0.3) is 0 Å². The zero-order valence-electron chi connectivity index (χ0n) is 14.8. The van der Waals surface area contributed by atoms with Crippen molar-refractivity contribution in [1.29, 1.82) is 0 Å². The largest absolute Gasteiger partial charge is 0.497 e. The van der Waals surface area contributed by atoms with Crippen molar-refractivity contribution in [2.75, 3.05) is 19.1 Å². The maximum Gasteiger partial charge on any atom is 0.161 e. The van der Waals surface area contributed by atoms with Gasteiger partial charge in [0.15, 0.2) is 5.82 Å². The highest BCUT2D eigenvalue weighted by Gasteiger charge is 2.15. The molecule has 0 aliphatic heterocycles. The van der Waals surface area contributed by atoms with E-state index in [9.17, 15) is 0 Å². The second kappa shape index (κ2) is 6.91. The highest BCUT2D eigenvalue weighted by Crippen LogP contribution is 2.30. The van der Waals surface area contributed by atoms with Gasteiger partial charge in [0.2, 0.25) is 0 Å². The first-order valence-corrected chi connectivity index (χ1v) is 8.35. The third-order valence-corrected chi connectivity index (χ3v) is 4.23. The fourth-order valence-electron chi connectivity index (χ4n) is 2.88. The third-order valence-electron chi connectivity index (χ3n) is 4.23. The van der Waals surface area contributed by atoms with Crippen LogP contribution in [0.2, 0.25) is 0 Å². The molecule has 24 heavy (non-hydrogen) atoms. The molecule has 1 aromatic carbocycles. The molecule has 0 radical (unpaired) electrons. The summed E-state index contributed by atoms with van der Waals surface area (Å²) in [4.78, 5) is 11.4. The Hall–Kier alpha value is -2.56. The van der Waals surface area contributed by atoms with E-state index in [1.807, 2.05) is 38.2 Å². The van der Waals surface area contributed by atoms with Gasteiger partial charge < -0.3 is 14.2 Å². The number of unbranched alkanes of at least 4 members (excludes halogenated alkanes) is 1. The Kier molecular flexibility index (Phi) is 4.69. The zero-order chi connectivity index (χ0) is 17.1. The summed E-state index contributed by atoms with van der Waals surface area (Å²) >= 11 is 0. The quantitative estimate of drug-likeness (QED) is 0.677. The van der Waals surface area contributed by atoms with E-state index in [0.717, 1.165) is 53.5 Å². The minimum absolute atomic E-state index is 0.783. The van der Waals surface area contributed by atoms with E-state index in [-0.39, 0.29) is 0 Å². The molecule has 0 atom stereocenters. The van der Waals surface area contributed by atoms with E-state index < -0.39 is 0 Å². The van der Waals surface area contributed by atoms with Crippen molar-refractivity contribution in [3.05, 3.63) is 42.4 Å². The van der Waals surface area contributed by atoms with E-state index in [1.54, 1.807) is 7.11 Å². The number of benzene rings is 1. The monoisotopic (exact) mass is 324 g/mol. The predicted octanol–water partition coefficient (Wildman–Crippen LogP) is 4.32. The number of nitrogens with zero attached hydrogens (tertiary/aromatic N) is 4. The summed E-state index contributed by atoms with van der Waals surface area (Å²) in [5.74, 6) is 2.57. The lowest BCUT2D eigenvalue weighted by atomic mass is 10.2. The van der Waals surface area contributed by atoms with Gasteiger partial charge in [-0.3, -0.25) is 0 Å². The Morgan fingerprint density at radius 1 is 1.12 bits per heavy atom. The standard InChI is InChI=1S/C19H24N4O/c1-5-6-12-23-13-11-17-18(23)19(21-14(2)20-17)22(3)15-7-9-16(24-4)10-8-15/h7-11,13H,5-6,12H2,1-4H3. The van der Waals surface area contributed by atoms with Gasteiger partial charge in [0.1, 0.15) is 17.1 Å². The average Bonchev–Trinajstić information content (AvgIpc) is 3.01. The van der Waals surface area contributed by atoms with Crippen LogP contribution < -0.4 is 9.64 Å². The van der Waals surface area contributed by atoms with Crippen LogP contribution in [0.15, 0.2) is 36.5 Å². The van der Waals surface area contributed by atoms with Gasteiger partial charge in [-0.05, 0) is 43.7 Å². The van der Waals surface area contributed by atoms with Crippen molar-refractivity contribution in [2.45, 2.75) is 33.2 Å². The molecule has 0 aliphatic carbocycles. The number of rotatable bonds is 6. The molecule has 0 N–H and O–H groups in total. The van der Waals surface area contributed by atoms with Gasteiger partial charge in [0, 0.05) is 25.5 Å². The highest BCUT2D eigenvalue weighted by atomic mass is 16.5. The fraction of sp³-hybridized carbons (Fsp3) is 0.368. The average molecular weight is 324 g/mol. The molecule has 0 amide bonds. The Morgan fingerprint density at radius 2 is 1.88 bits per heavy atom. The number of fused-ring (bicyclic) bond motifs is 1. The number of ether oxygens (including phenoxy) is 1. The number of aryl methyl sites for hydroxylation is 2. The van der Waals surface area contributed by atoms with Gasteiger partial charge in [-0.25, -0.2) is 9.97 Å². The van der Waals surface area contributed by atoms with Crippen molar-refractivity contribution in [1.82, 2.24) is 14.5 Å². The molecule has 3 aromatic rings. The molecule has 0 spiro atoms. The van der Waals surface area contributed by atoms with Gasteiger partial charge in [-0.2, -0.15) is 0 Å². The number of aromatic nitrogens is 3. The maximum absolute atomic E-state index is 5.25. The summed E-state index contributed by atoms with van der Waals surface area (Å²) in [5.41, 5.74) is 3.15. The Bertz CT molecular complexity index is 823. The van der Waals surface area contributed by atoms with E-state index in [1.165, 1.54) is 0 Å². The molecule has 2 heterocycles. The second-order valence-electron chi connectivity index (χ2n) is 5.95. The van der Waals surface area contributed by atoms with Crippen LogP contribution in [0.1, 0.15) is 25.6 Å². The Labute approximate surface area is 142 Å². The van der Waals surface area contributed by atoms with E-state index >= 15 is 0 Å². The molecule has 0 fully saturated rings. The van der Waals surface area contributed by atoms with E-state index in [2.05, 4.69) is 33.6 Å². The summed E-state index contributed by atoms with van der Waals surface area (Å²) in [5, 5.41) is 0. The Morgan fingerprint density at radius 3 is 2.54 bits per heavy atom. The van der Waals surface area contributed by atoms with Crippen LogP contribution in [0.3, 0.4) is 0 Å². The molecule has 0 unspecified atom stereocenters. The molecule has 0 bridgehead atoms. The van der Waals surface area contributed by atoms with Crippen LogP contribution in [0.4, 0.5) is 11.5 Å². The SMILES string of the molecule is CCCCn1ccc2nc(C)nc(N(C)c3ccc(OC)cc3)c21. The molecular weight excluding hydrogens is 300 g/mol. The molecular formula is C19H24N4O. The second-order valence-corrected chi connectivity index (χ2v) is 5.95. The number of anilines is 2. The molecule has 0 saturated carbocycles. The summed E-state index contributed by atoms with van der Waals surface area (Å²) in [7, 11) is 3.72. The minimum atomic E-state index is 0.783. The van der Waals surface area contributed by atoms with Crippen LogP contribution in [0.25, 0.3) is 11.0 Å². The predicted molar refractivity (Wildman–Crippen MR) is 98.2 cm³/mol. The topological polar surface area (TPSA) is 43.2 Å². The maximum atomic E-state index is 5.25. The third kappa shape index (κ3) is 3.07. The first kappa shape index (κ1) is 16.3. The number of hydrogen-bond acceptors (Lipinski definition) is 4. The van der Waals surface area contributed by atoms with E-state index in [0.29, 0.717) is 0 Å². The van der Waals surface area contributed by atoms with Crippen molar-refractivity contribution in [2.24, 2.45) is 0 Å². The normalized spacial score (nSPS) is 11.0. The van der Waals surface area contributed by atoms with E-state index in [4.69, 9.17) is 9.72 Å². The Balaban J connectivity index is 2.06. The van der Waals surface area contributed by atoms with Crippen LogP contribution in [-0.2, 0) is 6.54 Å². The molecule has 5 nitrogen and oxygen atoms in total. The molecule has 2 aromatic heterocycles. The van der Waals surface area contributed by atoms with Crippen LogP contribution in [0.5, 0.6) is 5.75 Å². The zero-order valence-corrected chi connectivity index (χ0v) is 14.8. The molecule has 3 rings (SSSR count). The van der Waals surface area contributed by atoms with Gasteiger partial charge in [-0.1, -0.05) is 13.3 Å². The smallest absolute Gasteiger partial charge is 0.161 e. The fourth-order valence-corrected chi connectivity index (χ4v) is 2.88. The summed E-state index contributed by atoms with van der Waals surface area (Å²) in [6, 6.07) is 10.1.